The number of hydrogen-bond donors (Lipinski definition) is 1. The fourth-order valence-electron chi connectivity index (χ4n) is 5.25. The molecule has 1 aliphatic carbocycles. The number of benzene rings is 1. The number of carbonyl (C=O) groups is 3. The molecule has 35 heavy (non-hydrogen) atoms. The maximum atomic E-state index is 15.0. The number of likely N-dealkylation sites (N-methyl/N-ethyl adjacent to an activating group) is 1. The summed E-state index contributed by atoms with van der Waals surface area (Å²) in [5.74, 6) is 0.962. The zero-order chi connectivity index (χ0) is 24.7. The molecule has 186 valence electrons. The lowest BCUT2D eigenvalue weighted by Crippen LogP contribution is -2.33. The molecule has 1 aromatic carbocycles. The monoisotopic (exact) mass is 500 g/mol. The maximum Gasteiger partial charge on any atom is 0.414 e. The van der Waals surface area contributed by atoms with E-state index in [-0.39, 0.29) is 30.7 Å². The molecule has 1 aromatic heterocycles. The first-order valence-corrected chi connectivity index (χ1v) is 12.7. The Morgan fingerprint density at radius 2 is 2.00 bits per heavy atom. The quantitative estimate of drug-likeness (QED) is 0.603. The maximum absolute atomic E-state index is 15.0. The van der Waals surface area contributed by atoms with Crippen LogP contribution in [0.1, 0.15) is 11.8 Å². The minimum Gasteiger partial charge on any atom is -0.442 e. The molecular weight excluding hydrogens is 471 g/mol. The van der Waals surface area contributed by atoms with Crippen LogP contribution in [0.15, 0.2) is 35.7 Å². The fourth-order valence-corrected chi connectivity index (χ4v) is 5.94. The molecule has 0 bridgehead atoms. The topological polar surface area (TPSA) is 82.2 Å². The van der Waals surface area contributed by atoms with Gasteiger partial charge in [0.15, 0.2) is 0 Å². The summed E-state index contributed by atoms with van der Waals surface area (Å²) in [7, 11) is 1.87. The van der Waals surface area contributed by atoms with E-state index in [0.717, 1.165) is 24.5 Å². The average molecular weight is 501 g/mol. The van der Waals surface area contributed by atoms with Gasteiger partial charge in [-0.1, -0.05) is 6.07 Å². The van der Waals surface area contributed by atoms with Gasteiger partial charge in [0.2, 0.25) is 11.8 Å². The van der Waals surface area contributed by atoms with Crippen molar-refractivity contribution in [2.45, 2.75) is 19.4 Å². The highest BCUT2D eigenvalue weighted by atomic mass is 32.1. The Balaban J connectivity index is 1.13. The highest BCUT2D eigenvalue weighted by Crippen LogP contribution is 2.53. The van der Waals surface area contributed by atoms with Crippen molar-refractivity contribution in [1.82, 2.24) is 10.2 Å². The van der Waals surface area contributed by atoms with Crippen molar-refractivity contribution in [2.75, 3.05) is 49.6 Å². The molecule has 0 spiro atoms. The summed E-state index contributed by atoms with van der Waals surface area (Å²) < 4.78 is 20.3. The second-order valence-corrected chi connectivity index (χ2v) is 10.6. The van der Waals surface area contributed by atoms with Crippen molar-refractivity contribution in [1.29, 1.82) is 0 Å². The van der Waals surface area contributed by atoms with Gasteiger partial charge in [-0.05, 0) is 47.4 Å². The van der Waals surface area contributed by atoms with E-state index in [0.29, 0.717) is 35.5 Å². The molecule has 3 aliphatic rings. The molecule has 3 fully saturated rings. The molecule has 3 atom stereocenters. The van der Waals surface area contributed by atoms with E-state index in [9.17, 15) is 14.4 Å². The van der Waals surface area contributed by atoms with Gasteiger partial charge in [0, 0.05) is 38.5 Å². The molecule has 8 nitrogen and oxygen atoms in total. The van der Waals surface area contributed by atoms with Crippen LogP contribution in [-0.4, -0.2) is 68.7 Å². The molecule has 2 saturated heterocycles. The molecule has 5 rings (SSSR count). The van der Waals surface area contributed by atoms with Crippen LogP contribution >= 0.6 is 11.3 Å². The number of piperidine rings is 1. The van der Waals surface area contributed by atoms with E-state index >= 15 is 4.39 Å². The van der Waals surface area contributed by atoms with E-state index in [2.05, 4.69) is 10.2 Å². The van der Waals surface area contributed by atoms with E-state index in [1.54, 1.807) is 23.5 Å². The Kier molecular flexibility index (Phi) is 6.39. The Bertz CT molecular complexity index is 1110. The summed E-state index contributed by atoms with van der Waals surface area (Å²) in [6.45, 7) is 4.16. The van der Waals surface area contributed by atoms with Crippen molar-refractivity contribution < 1.29 is 23.5 Å². The third kappa shape index (κ3) is 4.98. The number of nitrogens with zero attached hydrogens (tertiary/aromatic N) is 3. The summed E-state index contributed by atoms with van der Waals surface area (Å²) in [5.41, 5.74) is 0.971. The third-order valence-corrected chi connectivity index (χ3v) is 8.10. The van der Waals surface area contributed by atoms with Crippen LogP contribution in [0, 0.1) is 23.6 Å². The van der Waals surface area contributed by atoms with Crippen molar-refractivity contribution >= 4 is 40.6 Å². The van der Waals surface area contributed by atoms with Crippen molar-refractivity contribution in [3.63, 3.8) is 0 Å². The van der Waals surface area contributed by atoms with E-state index in [1.165, 1.54) is 17.9 Å². The standard InChI is InChI=1S/C25H29FN4O4S/c1-15(31)27-10-17-11-30(25(33)34-17)16-5-6-23(22(26)8-16)29-13-20-19(21(20)14-29)12-28(2)24(32)9-18-4-3-7-35-18/h3-8,17,19-21H,9-14H2,1-2H3,(H,27,31)/t17-,19?,20?,21?/m0/s1. The Labute approximate surface area is 207 Å². The summed E-state index contributed by atoms with van der Waals surface area (Å²) in [4.78, 5) is 42.2. The minimum absolute atomic E-state index is 0.135. The lowest BCUT2D eigenvalue weighted by atomic mass is 10.2. The van der Waals surface area contributed by atoms with Crippen LogP contribution in [-0.2, 0) is 20.7 Å². The van der Waals surface area contributed by atoms with Crippen molar-refractivity contribution in [3.05, 3.63) is 46.4 Å². The summed E-state index contributed by atoms with van der Waals surface area (Å²) in [6, 6.07) is 8.77. The number of ether oxygens (including phenoxy) is 1. The highest BCUT2D eigenvalue weighted by Gasteiger charge is 2.56. The number of anilines is 2. The summed E-state index contributed by atoms with van der Waals surface area (Å²) in [6.07, 6.45) is -0.569. The first-order valence-electron chi connectivity index (χ1n) is 11.8. The first-order chi connectivity index (χ1) is 16.8. The SMILES string of the molecule is CC(=O)NC[C@H]1CN(c2ccc(N3CC4C(CN(C)C(=O)Cc5cccs5)C4C3)c(F)c2)C(=O)O1. The number of amides is 3. The Morgan fingerprint density at radius 1 is 1.23 bits per heavy atom. The van der Waals surface area contributed by atoms with Gasteiger partial charge in [-0.3, -0.25) is 14.5 Å². The number of cyclic esters (lactones) is 1. The van der Waals surface area contributed by atoms with Gasteiger partial charge in [-0.25, -0.2) is 9.18 Å². The number of carbonyl (C=O) groups excluding carboxylic acids is 3. The zero-order valence-corrected chi connectivity index (χ0v) is 20.6. The molecule has 3 amide bonds. The lowest BCUT2D eigenvalue weighted by molar-refractivity contribution is -0.129. The number of hydrogen-bond acceptors (Lipinski definition) is 6. The Morgan fingerprint density at radius 3 is 2.66 bits per heavy atom. The third-order valence-electron chi connectivity index (χ3n) is 7.22. The molecule has 1 N–H and O–H groups in total. The first kappa shape index (κ1) is 23.6. The number of halogens is 1. The number of fused-ring (bicyclic) bond motifs is 1. The van der Waals surface area contributed by atoms with Gasteiger partial charge in [-0.15, -0.1) is 11.3 Å². The lowest BCUT2D eigenvalue weighted by Gasteiger charge is -2.25. The predicted octanol–water partition coefficient (Wildman–Crippen LogP) is 2.73. The van der Waals surface area contributed by atoms with Crippen LogP contribution in [0.25, 0.3) is 0 Å². The molecule has 2 unspecified atom stereocenters. The normalized spacial score (nSPS) is 24.8. The molecule has 2 aliphatic heterocycles. The molecule has 2 aromatic rings. The van der Waals surface area contributed by atoms with Gasteiger partial charge in [0.05, 0.1) is 30.9 Å². The number of rotatable bonds is 8. The second-order valence-electron chi connectivity index (χ2n) is 9.62. The van der Waals surface area contributed by atoms with E-state index in [4.69, 9.17) is 4.74 Å². The number of nitrogens with one attached hydrogen (secondary N) is 1. The predicted molar refractivity (Wildman–Crippen MR) is 131 cm³/mol. The minimum atomic E-state index is -0.546. The molecule has 10 heteroatoms. The van der Waals surface area contributed by atoms with Crippen LogP contribution < -0.4 is 15.1 Å². The molecule has 1 saturated carbocycles. The van der Waals surface area contributed by atoms with Gasteiger partial charge >= 0.3 is 6.09 Å². The summed E-state index contributed by atoms with van der Waals surface area (Å²) >= 11 is 1.60. The van der Waals surface area contributed by atoms with E-state index < -0.39 is 12.2 Å². The molecule has 0 radical (unpaired) electrons. The number of thiophene rings is 1. The smallest absolute Gasteiger partial charge is 0.414 e. The van der Waals surface area contributed by atoms with Gasteiger partial charge in [0.1, 0.15) is 11.9 Å². The highest BCUT2D eigenvalue weighted by molar-refractivity contribution is 7.10. The van der Waals surface area contributed by atoms with Crippen LogP contribution in [0.3, 0.4) is 0 Å². The van der Waals surface area contributed by atoms with E-state index in [1.807, 2.05) is 29.5 Å². The second kappa shape index (κ2) is 9.49. The van der Waals surface area contributed by atoms with Gasteiger partial charge in [-0.2, -0.15) is 0 Å². The zero-order valence-electron chi connectivity index (χ0n) is 19.8. The van der Waals surface area contributed by atoms with Crippen LogP contribution in [0.5, 0.6) is 0 Å². The Hall–Kier alpha value is -3.14. The van der Waals surface area contributed by atoms with Gasteiger partial charge in [0.25, 0.3) is 0 Å². The van der Waals surface area contributed by atoms with Gasteiger partial charge < -0.3 is 19.9 Å². The van der Waals surface area contributed by atoms with Crippen molar-refractivity contribution in [2.24, 2.45) is 17.8 Å². The summed E-state index contributed by atoms with van der Waals surface area (Å²) in [5, 5.41) is 4.61. The van der Waals surface area contributed by atoms with Crippen LogP contribution in [0.4, 0.5) is 20.6 Å². The average Bonchev–Trinajstić information content (AvgIpc) is 3.30. The molecular formula is C25H29FN4O4S. The largest absolute Gasteiger partial charge is 0.442 e. The fraction of sp³-hybridized carbons (Fsp3) is 0.480. The van der Waals surface area contributed by atoms with Crippen molar-refractivity contribution in [3.8, 4) is 0 Å². The van der Waals surface area contributed by atoms with Crippen LogP contribution in [0.2, 0.25) is 0 Å². The molecule has 3 heterocycles.